The molecule has 1 aromatic carbocycles. The van der Waals surface area contributed by atoms with E-state index in [1.807, 2.05) is 0 Å². The molecular weight excluding hydrogens is 214 g/mol. The van der Waals surface area contributed by atoms with Crippen LogP contribution in [0.3, 0.4) is 0 Å². The van der Waals surface area contributed by atoms with Gasteiger partial charge in [0.2, 0.25) is 0 Å². The van der Waals surface area contributed by atoms with E-state index < -0.39 is 10.1 Å². The lowest BCUT2D eigenvalue weighted by Crippen LogP contribution is -2.03. The number of anilines is 1. The average Bonchev–Trinajstić information content (AvgIpc) is 2.02. The second-order valence-corrected chi connectivity index (χ2v) is 4.14. The molecule has 72 valence electrons. The number of para-hydroxylation sites is 1. The summed E-state index contributed by atoms with van der Waals surface area (Å²) in [5.74, 6) is 0. The van der Waals surface area contributed by atoms with Gasteiger partial charge in [-0.3, -0.25) is 4.55 Å². The summed E-state index contributed by atoms with van der Waals surface area (Å²) in [6, 6.07) is 4.25. The van der Waals surface area contributed by atoms with Crippen LogP contribution in [-0.4, -0.2) is 20.0 Å². The smallest absolute Gasteiger partial charge is 0.296 e. The molecule has 0 amide bonds. The van der Waals surface area contributed by atoms with Gasteiger partial charge in [0.25, 0.3) is 10.1 Å². The molecule has 0 heterocycles. The van der Waals surface area contributed by atoms with Gasteiger partial charge in [0.05, 0.1) is 10.7 Å². The monoisotopic (exact) mass is 221 g/mol. The first-order valence-corrected chi connectivity index (χ1v) is 5.22. The van der Waals surface area contributed by atoms with Crippen molar-refractivity contribution >= 4 is 27.4 Å². The van der Waals surface area contributed by atoms with Crippen molar-refractivity contribution in [3.05, 3.63) is 23.2 Å². The summed E-state index contributed by atoms with van der Waals surface area (Å²) < 4.78 is 30.4. The third-order valence-electron chi connectivity index (χ3n) is 1.50. The van der Waals surface area contributed by atoms with Crippen molar-refractivity contribution in [2.45, 2.75) is 4.90 Å². The van der Waals surface area contributed by atoms with Crippen LogP contribution in [0.2, 0.25) is 5.02 Å². The van der Waals surface area contributed by atoms with Gasteiger partial charge in [0, 0.05) is 7.05 Å². The average molecular weight is 222 g/mol. The highest BCUT2D eigenvalue weighted by Gasteiger charge is 2.16. The number of halogens is 1. The van der Waals surface area contributed by atoms with Crippen LogP contribution in [0.4, 0.5) is 5.69 Å². The molecule has 4 nitrogen and oxygen atoms in total. The molecule has 0 unspecified atom stereocenters. The molecule has 0 aliphatic carbocycles. The molecule has 0 spiro atoms. The Balaban J connectivity index is 3.47. The number of rotatable bonds is 2. The standard InChI is InChI=1S/C7H8ClNO3S/c1-9-7-5(8)3-2-4-6(7)13(10,11)12/h2-4,9H,1H3,(H,10,11,12). The van der Waals surface area contributed by atoms with E-state index in [9.17, 15) is 8.42 Å². The minimum atomic E-state index is -4.22. The molecule has 0 fully saturated rings. The maximum atomic E-state index is 10.8. The van der Waals surface area contributed by atoms with Crippen LogP contribution in [0.5, 0.6) is 0 Å². The lowest BCUT2D eigenvalue weighted by Gasteiger charge is -2.07. The van der Waals surface area contributed by atoms with E-state index in [-0.39, 0.29) is 15.6 Å². The molecule has 0 atom stereocenters. The molecule has 0 aliphatic rings. The molecule has 1 rings (SSSR count). The fourth-order valence-corrected chi connectivity index (χ4v) is 2.01. The first kappa shape index (κ1) is 10.3. The second-order valence-electron chi connectivity index (χ2n) is 2.34. The highest BCUT2D eigenvalue weighted by molar-refractivity contribution is 7.86. The fourth-order valence-electron chi connectivity index (χ4n) is 0.962. The summed E-state index contributed by atoms with van der Waals surface area (Å²) in [5.41, 5.74) is 0.201. The van der Waals surface area contributed by atoms with Gasteiger partial charge >= 0.3 is 0 Å². The van der Waals surface area contributed by atoms with Crippen molar-refractivity contribution in [1.29, 1.82) is 0 Å². The number of hydrogen-bond donors (Lipinski definition) is 2. The summed E-state index contributed by atoms with van der Waals surface area (Å²) in [7, 11) is -2.69. The summed E-state index contributed by atoms with van der Waals surface area (Å²) in [6.45, 7) is 0. The lowest BCUT2D eigenvalue weighted by atomic mass is 10.3. The Hall–Kier alpha value is -0.780. The van der Waals surface area contributed by atoms with Crippen LogP contribution in [0.25, 0.3) is 0 Å². The fraction of sp³-hybridized carbons (Fsp3) is 0.143. The van der Waals surface area contributed by atoms with Crippen LogP contribution in [-0.2, 0) is 10.1 Å². The SMILES string of the molecule is CNc1c(Cl)cccc1S(=O)(=O)O. The van der Waals surface area contributed by atoms with Crippen molar-refractivity contribution in [3.63, 3.8) is 0 Å². The molecular formula is C7H8ClNO3S. The maximum Gasteiger partial charge on any atom is 0.296 e. The molecule has 0 saturated heterocycles. The van der Waals surface area contributed by atoms with Crippen LogP contribution < -0.4 is 5.32 Å². The predicted octanol–water partition coefficient (Wildman–Crippen LogP) is 1.63. The third-order valence-corrected chi connectivity index (χ3v) is 2.71. The maximum absolute atomic E-state index is 10.8. The Bertz CT molecular complexity index is 416. The summed E-state index contributed by atoms with van der Waals surface area (Å²) in [6.07, 6.45) is 0. The zero-order valence-corrected chi connectivity index (χ0v) is 8.35. The third kappa shape index (κ3) is 2.12. The number of hydrogen-bond acceptors (Lipinski definition) is 3. The zero-order chi connectivity index (χ0) is 10.1. The molecule has 0 saturated carbocycles. The molecule has 13 heavy (non-hydrogen) atoms. The van der Waals surface area contributed by atoms with E-state index in [1.54, 1.807) is 0 Å². The van der Waals surface area contributed by atoms with Crippen molar-refractivity contribution in [3.8, 4) is 0 Å². The van der Waals surface area contributed by atoms with Crippen molar-refractivity contribution < 1.29 is 13.0 Å². The Morgan fingerprint density at radius 3 is 2.46 bits per heavy atom. The van der Waals surface area contributed by atoms with Crippen molar-refractivity contribution in [2.24, 2.45) is 0 Å². The molecule has 0 aromatic heterocycles. The van der Waals surface area contributed by atoms with Crippen LogP contribution in [0.15, 0.2) is 23.1 Å². The highest BCUT2D eigenvalue weighted by atomic mass is 35.5. The molecule has 2 N–H and O–H groups in total. The minimum absolute atomic E-state index is 0.201. The van der Waals surface area contributed by atoms with E-state index in [0.29, 0.717) is 0 Å². The van der Waals surface area contributed by atoms with E-state index in [1.165, 1.54) is 25.2 Å². The number of benzene rings is 1. The normalized spacial score (nSPS) is 11.3. The van der Waals surface area contributed by atoms with Gasteiger partial charge in [-0.05, 0) is 12.1 Å². The largest absolute Gasteiger partial charge is 0.386 e. The molecule has 0 radical (unpaired) electrons. The molecule has 0 aliphatic heterocycles. The van der Waals surface area contributed by atoms with Gasteiger partial charge in [-0.1, -0.05) is 17.7 Å². The number of nitrogens with one attached hydrogen (secondary N) is 1. The minimum Gasteiger partial charge on any atom is -0.386 e. The zero-order valence-electron chi connectivity index (χ0n) is 6.78. The van der Waals surface area contributed by atoms with Gasteiger partial charge in [0.15, 0.2) is 0 Å². The molecule has 1 aromatic rings. The van der Waals surface area contributed by atoms with Crippen molar-refractivity contribution in [1.82, 2.24) is 0 Å². The first-order valence-electron chi connectivity index (χ1n) is 3.40. The Morgan fingerprint density at radius 1 is 1.46 bits per heavy atom. The summed E-state index contributed by atoms with van der Waals surface area (Å²) in [4.78, 5) is -0.220. The lowest BCUT2D eigenvalue weighted by molar-refractivity contribution is 0.483. The van der Waals surface area contributed by atoms with Crippen LogP contribution in [0, 0.1) is 0 Å². The van der Waals surface area contributed by atoms with Crippen LogP contribution >= 0.6 is 11.6 Å². The molecule has 0 bridgehead atoms. The van der Waals surface area contributed by atoms with E-state index in [2.05, 4.69) is 5.32 Å². The highest BCUT2D eigenvalue weighted by Crippen LogP contribution is 2.28. The van der Waals surface area contributed by atoms with E-state index in [0.717, 1.165) is 0 Å². The Kier molecular flexibility index (Phi) is 2.80. The topological polar surface area (TPSA) is 66.4 Å². The van der Waals surface area contributed by atoms with Gasteiger partial charge in [0.1, 0.15) is 4.90 Å². The summed E-state index contributed by atoms with van der Waals surface area (Å²) >= 11 is 5.70. The quantitative estimate of drug-likeness (QED) is 0.745. The van der Waals surface area contributed by atoms with E-state index in [4.69, 9.17) is 16.2 Å². The van der Waals surface area contributed by atoms with Crippen molar-refractivity contribution in [2.75, 3.05) is 12.4 Å². The first-order chi connectivity index (χ1) is 5.96. The molecule has 6 heteroatoms. The Labute approximate surface area is 81.3 Å². The van der Waals surface area contributed by atoms with E-state index >= 15 is 0 Å². The van der Waals surface area contributed by atoms with Gasteiger partial charge in [-0.2, -0.15) is 8.42 Å². The van der Waals surface area contributed by atoms with Gasteiger partial charge < -0.3 is 5.32 Å². The van der Waals surface area contributed by atoms with Gasteiger partial charge in [-0.25, -0.2) is 0 Å². The summed E-state index contributed by atoms with van der Waals surface area (Å²) in [5, 5.41) is 2.85. The van der Waals surface area contributed by atoms with Crippen LogP contribution in [0.1, 0.15) is 0 Å². The Morgan fingerprint density at radius 2 is 2.08 bits per heavy atom. The van der Waals surface area contributed by atoms with Gasteiger partial charge in [-0.15, -0.1) is 0 Å². The predicted molar refractivity (Wildman–Crippen MR) is 50.8 cm³/mol. The second kappa shape index (κ2) is 3.53.